The largest absolute Gasteiger partial charge is 0.444 e. The number of rotatable bonds is 1. The van der Waals surface area contributed by atoms with Crippen LogP contribution < -0.4 is 0 Å². The number of nitrogens with zero attached hydrogens (tertiary/aromatic N) is 1. The number of halogens is 1. The second kappa shape index (κ2) is 4.27. The molecule has 0 radical (unpaired) electrons. The molecule has 2 fully saturated rings. The lowest BCUT2D eigenvalue weighted by molar-refractivity contribution is 0.0218. The molecule has 2 saturated heterocycles. The van der Waals surface area contributed by atoms with Crippen LogP contribution in [0.15, 0.2) is 0 Å². The van der Waals surface area contributed by atoms with Crippen molar-refractivity contribution in [2.24, 2.45) is 0 Å². The first kappa shape index (κ1) is 13.9. The summed E-state index contributed by atoms with van der Waals surface area (Å²) in [7, 11) is 1.81. The van der Waals surface area contributed by atoms with E-state index in [1.807, 2.05) is 0 Å². The zero-order valence-corrected chi connectivity index (χ0v) is 12.3. The minimum Gasteiger partial charge on any atom is -0.444 e. The van der Waals surface area contributed by atoms with Crippen molar-refractivity contribution < 1.29 is 17.9 Å². The highest BCUT2D eigenvalue weighted by Crippen LogP contribution is 2.42. The van der Waals surface area contributed by atoms with Gasteiger partial charge in [-0.2, -0.15) is 0 Å². The molecule has 0 aliphatic carbocycles. The van der Waals surface area contributed by atoms with E-state index in [2.05, 4.69) is 0 Å². The van der Waals surface area contributed by atoms with E-state index in [1.165, 1.54) is 0 Å². The Morgan fingerprint density at radius 1 is 1.33 bits per heavy atom. The van der Waals surface area contributed by atoms with Crippen LogP contribution in [0.1, 0.15) is 40.0 Å². The molecule has 0 saturated carbocycles. The third-order valence-corrected chi connectivity index (χ3v) is 5.36. The zero-order valence-electron chi connectivity index (χ0n) is 10.7. The minimum atomic E-state index is -3.62. The maximum absolute atomic E-state index is 12.1. The average Bonchev–Trinajstić information content (AvgIpc) is 2.69. The molecule has 2 rings (SSSR count). The van der Waals surface area contributed by atoms with Crippen LogP contribution in [-0.2, 0) is 13.8 Å². The number of carbonyl (C=O) groups is 1. The normalized spacial score (nSPS) is 31.8. The molecule has 0 aromatic carbocycles. The molecule has 104 valence electrons. The summed E-state index contributed by atoms with van der Waals surface area (Å²) in [5.74, 6) is 0. The van der Waals surface area contributed by atoms with Crippen LogP contribution in [0.2, 0.25) is 0 Å². The van der Waals surface area contributed by atoms with Crippen LogP contribution >= 0.6 is 10.7 Å². The van der Waals surface area contributed by atoms with E-state index in [1.54, 1.807) is 25.7 Å². The van der Waals surface area contributed by atoms with E-state index in [4.69, 9.17) is 15.4 Å². The second-order valence-electron chi connectivity index (χ2n) is 5.94. The molecule has 0 N–H and O–H groups in total. The van der Waals surface area contributed by atoms with Gasteiger partial charge in [-0.25, -0.2) is 13.2 Å². The molecule has 0 spiro atoms. The van der Waals surface area contributed by atoms with Crippen molar-refractivity contribution >= 4 is 25.8 Å². The molecule has 2 aliphatic rings. The second-order valence-corrected chi connectivity index (χ2v) is 8.78. The van der Waals surface area contributed by atoms with Gasteiger partial charge in [-0.3, -0.25) is 0 Å². The summed E-state index contributed by atoms with van der Waals surface area (Å²) >= 11 is 0. The lowest BCUT2D eigenvalue weighted by Crippen LogP contribution is -2.42. The molecule has 3 atom stereocenters. The number of hydrogen-bond donors (Lipinski definition) is 0. The van der Waals surface area contributed by atoms with E-state index in [9.17, 15) is 13.2 Å². The van der Waals surface area contributed by atoms with E-state index in [-0.39, 0.29) is 12.1 Å². The molecule has 2 bridgehead atoms. The number of carbonyl (C=O) groups excluding carboxylic acids is 1. The highest BCUT2D eigenvalue weighted by atomic mass is 35.7. The Morgan fingerprint density at radius 3 is 2.39 bits per heavy atom. The molecular weight excluding hydrogens is 278 g/mol. The summed E-state index contributed by atoms with van der Waals surface area (Å²) in [6, 6.07) is -0.379. The molecule has 1 amide bonds. The van der Waals surface area contributed by atoms with E-state index in [0.717, 1.165) is 6.42 Å². The molecule has 18 heavy (non-hydrogen) atoms. The van der Waals surface area contributed by atoms with Gasteiger partial charge in [0.05, 0.1) is 11.3 Å². The molecule has 5 nitrogen and oxygen atoms in total. The van der Waals surface area contributed by atoms with Gasteiger partial charge in [0, 0.05) is 16.7 Å². The van der Waals surface area contributed by atoms with Crippen LogP contribution in [0.4, 0.5) is 4.79 Å². The highest BCUT2D eigenvalue weighted by Gasteiger charge is 2.54. The predicted molar refractivity (Wildman–Crippen MR) is 68.1 cm³/mol. The number of hydrogen-bond acceptors (Lipinski definition) is 4. The Labute approximate surface area is 112 Å². The fourth-order valence-electron chi connectivity index (χ4n) is 2.84. The van der Waals surface area contributed by atoms with Crippen molar-refractivity contribution in [3.63, 3.8) is 0 Å². The van der Waals surface area contributed by atoms with Crippen LogP contribution in [0, 0.1) is 0 Å². The molecule has 2 aliphatic heterocycles. The van der Waals surface area contributed by atoms with E-state index >= 15 is 0 Å². The zero-order chi connectivity index (χ0) is 13.7. The van der Waals surface area contributed by atoms with Crippen LogP contribution in [0.25, 0.3) is 0 Å². The highest BCUT2D eigenvalue weighted by molar-refractivity contribution is 8.14. The van der Waals surface area contributed by atoms with Crippen LogP contribution in [0.5, 0.6) is 0 Å². The van der Waals surface area contributed by atoms with Gasteiger partial charge in [0.25, 0.3) is 0 Å². The van der Waals surface area contributed by atoms with Gasteiger partial charge in [0.15, 0.2) is 0 Å². The lowest BCUT2D eigenvalue weighted by atomic mass is 10.0. The summed E-state index contributed by atoms with van der Waals surface area (Å²) in [6.45, 7) is 5.37. The summed E-state index contributed by atoms with van der Waals surface area (Å²) < 4.78 is 28.2. The molecular formula is C11H18ClNO4S. The first-order valence-electron chi connectivity index (χ1n) is 6.04. The van der Waals surface area contributed by atoms with Gasteiger partial charge in [0.1, 0.15) is 5.60 Å². The van der Waals surface area contributed by atoms with Gasteiger partial charge in [-0.1, -0.05) is 0 Å². The Balaban J connectivity index is 2.15. The average molecular weight is 296 g/mol. The SMILES string of the molecule is CC(C)(C)OC(=O)N1[C@H]2CC[C@H]1[C@H](S(=O)(=O)Cl)C2. The van der Waals surface area contributed by atoms with Crippen molar-refractivity contribution in [2.45, 2.75) is 63.0 Å². The predicted octanol–water partition coefficient (Wildman–Crippen LogP) is 2.10. The summed E-state index contributed by atoms with van der Waals surface area (Å²) in [5.41, 5.74) is -0.575. The Kier molecular flexibility index (Phi) is 3.30. The maximum atomic E-state index is 12.1. The first-order valence-corrected chi connectivity index (χ1v) is 8.41. The van der Waals surface area contributed by atoms with Crippen molar-refractivity contribution in [2.75, 3.05) is 0 Å². The standard InChI is InChI=1S/C11H18ClNO4S/c1-11(2,3)17-10(14)13-7-4-5-8(13)9(6-7)18(12,15)16/h7-9H,4-6H2,1-3H3/t7-,8-,9+/m0/s1. The van der Waals surface area contributed by atoms with Crippen molar-refractivity contribution in [3.8, 4) is 0 Å². The number of amides is 1. The van der Waals surface area contributed by atoms with Gasteiger partial charge in [0.2, 0.25) is 9.05 Å². The Bertz CT molecular complexity index is 456. The topological polar surface area (TPSA) is 63.7 Å². The molecule has 7 heteroatoms. The lowest BCUT2D eigenvalue weighted by Gasteiger charge is -2.27. The maximum Gasteiger partial charge on any atom is 0.410 e. The number of fused-ring (bicyclic) bond motifs is 2. The quantitative estimate of drug-likeness (QED) is 0.695. The molecule has 0 aromatic heterocycles. The molecule has 2 heterocycles. The van der Waals surface area contributed by atoms with Crippen LogP contribution in [-0.4, -0.2) is 42.3 Å². The van der Waals surface area contributed by atoms with Gasteiger partial charge in [-0.05, 0) is 40.0 Å². The number of ether oxygens (including phenoxy) is 1. The van der Waals surface area contributed by atoms with Crippen molar-refractivity contribution in [3.05, 3.63) is 0 Å². The fraction of sp³-hybridized carbons (Fsp3) is 0.909. The van der Waals surface area contributed by atoms with E-state index in [0.29, 0.717) is 12.8 Å². The van der Waals surface area contributed by atoms with Crippen molar-refractivity contribution in [1.82, 2.24) is 4.90 Å². The smallest absolute Gasteiger partial charge is 0.410 e. The molecule has 0 unspecified atom stereocenters. The summed E-state index contributed by atoms with van der Waals surface area (Å²) in [5, 5.41) is -0.648. The fourth-order valence-corrected chi connectivity index (χ4v) is 4.50. The Morgan fingerprint density at radius 2 is 1.94 bits per heavy atom. The van der Waals surface area contributed by atoms with Crippen molar-refractivity contribution in [1.29, 1.82) is 0 Å². The van der Waals surface area contributed by atoms with Gasteiger partial charge < -0.3 is 9.64 Å². The van der Waals surface area contributed by atoms with E-state index < -0.39 is 26.0 Å². The summed E-state index contributed by atoms with van der Waals surface area (Å²) in [6.07, 6.45) is 1.50. The Hall–Kier alpha value is -0.490. The minimum absolute atomic E-state index is 0.0524. The molecule has 0 aromatic rings. The third kappa shape index (κ3) is 2.59. The monoisotopic (exact) mass is 295 g/mol. The third-order valence-electron chi connectivity index (χ3n) is 3.45. The van der Waals surface area contributed by atoms with Gasteiger partial charge in [-0.15, -0.1) is 0 Å². The van der Waals surface area contributed by atoms with Gasteiger partial charge >= 0.3 is 6.09 Å². The first-order chi connectivity index (χ1) is 8.09. The van der Waals surface area contributed by atoms with Crippen LogP contribution in [0.3, 0.4) is 0 Å². The summed E-state index contributed by atoms with van der Waals surface area (Å²) in [4.78, 5) is 13.6.